The SMILES string of the molecule is CS(=O)(=O)c1ccc(S(=O)(=O)N(CCO)CC(F)F)cc1. The van der Waals surface area contributed by atoms with E-state index in [2.05, 4.69) is 0 Å². The first-order chi connectivity index (χ1) is 9.59. The summed E-state index contributed by atoms with van der Waals surface area (Å²) in [5.74, 6) is 0. The third-order valence-electron chi connectivity index (χ3n) is 2.58. The van der Waals surface area contributed by atoms with E-state index in [0.29, 0.717) is 4.31 Å². The van der Waals surface area contributed by atoms with Gasteiger partial charge in [-0.2, -0.15) is 4.31 Å². The van der Waals surface area contributed by atoms with E-state index in [1.807, 2.05) is 0 Å². The number of aliphatic hydroxyl groups is 1. The molecule has 10 heteroatoms. The Morgan fingerprint density at radius 3 is 1.95 bits per heavy atom. The van der Waals surface area contributed by atoms with Crippen molar-refractivity contribution in [1.82, 2.24) is 4.31 Å². The number of sulfone groups is 1. The van der Waals surface area contributed by atoms with Gasteiger partial charge in [0.2, 0.25) is 10.0 Å². The van der Waals surface area contributed by atoms with E-state index in [0.717, 1.165) is 30.5 Å². The van der Waals surface area contributed by atoms with Gasteiger partial charge in [-0.3, -0.25) is 0 Å². The topological polar surface area (TPSA) is 91.8 Å². The Bertz CT molecular complexity index is 671. The average Bonchev–Trinajstić information content (AvgIpc) is 2.37. The molecule has 0 heterocycles. The van der Waals surface area contributed by atoms with Crippen molar-refractivity contribution in [1.29, 1.82) is 0 Å². The monoisotopic (exact) mass is 343 g/mol. The van der Waals surface area contributed by atoms with Gasteiger partial charge in [-0.15, -0.1) is 0 Å². The molecule has 0 bridgehead atoms. The molecule has 1 aromatic rings. The molecule has 120 valence electrons. The van der Waals surface area contributed by atoms with E-state index in [1.54, 1.807) is 0 Å². The molecular formula is C11H15F2NO5S2. The van der Waals surface area contributed by atoms with Gasteiger partial charge in [0.15, 0.2) is 9.84 Å². The zero-order valence-corrected chi connectivity index (χ0v) is 12.7. The smallest absolute Gasteiger partial charge is 0.252 e. The van der Waals surface area contributed by atoms with Gasteiger partial charge in [0.25, 0.3) is 6.43 Å². The fourth-order valence-electron chi connectivity index (χ4n) is 1.58. The summed E-state index contributed by atoms with van der Waals surface area (Å²) in [5.41, 5.74) is 0. The lowest BCUT2D eigenvalue weighted by Crippen LogP contribution is -2.37. The molecule has 0 saturated heterocycles. The lowest BCUT2D eigenvalue weighted by molar-refractivity contribution is 0.113. The number of aliphatic hydroxyl groups excluding tert-OH is 1. The van der Waals surface area contributed by atoms with Crippen LogP contribution in [0.25, 0.3) is 0 Å². The molecule has 0 fully saturated rings. The summed E-state index contributed by atoms with van der Waals surface area (Å²) in [6.07, 6.45) is -1.92. The number of hydrogen-bond donors (Lipinski definition) is 1. The first kappa shape index (κ1) is 18.0. The summed E-state index contributed by atoms with van der Waals surface area (Å²) in [6.45, 7) is -2.12. The first-order valence-electron chi connectivity index (χ1n) is 5.78. The van der Waals surface area contributed by atoms with Crippen molar-refractivity contribution < 1.29 is 30.7 Å². The molecule has 1 N–H and O–H groups in total. The highest BCUT2D eigenvalue weighted by Crippen LogP contribution is 2.19. The normalized spacial score (nSPS) is 13.0. The molecule has 0 aliphatic rings. The van der Waals surface area contributed by atoms with Crippen molar-refractivity contribution in [2.45, 2.75) is 16.2 Å². The summed E-state index contributed by atoms with van der Waals surface area (Å²) in [5, 5.41) is 8.78. The Morgan fingerprint density at radius 1 is 1.10 bits per heavy atom. The van der Waals surface area contributed by atoms with Crippen molar-refractivity contribution in [3.63, 3.8) is 0 Å². The molecule has 1 rings (SSSR count). The molecule has 0 atom stereocenters. The van der Waals surface area contributed by atoms with Gasteiger partial charge in [-0.25, -0.2) is 25.6 Å². The van der Waals surface area contributed by atoms with Crippen LogP contribution in [0.2, 0.25) is 0 Å². The minimum Gasteiger partial charge on any atom is -0.395 e. The van der Waals surface area contributed by atoms with E-state index in [9.17, 15) is 25.6 Å². The van der Waals surface area contributed by atoms with Crippen molar-refractivity contribution >= 4 is 19.9 Å². The Labute approximate surface area is 122 Å². The van der Waals surface area contributed by atoms with Crippen LogP contribution in [0.15, 0.2) is 34.1 Å². The van der Waals surface area contributed by atoms with E-state index >= 15 is 0 Å². The van der Waals surface area contributed by atoms with Gasteiger partial charge >= 0.3 is 0 Å². The lowest BCUT2D eigenvalue weighted by atomic mass is 10.4. The summed E-state index contributed by atoms with van der Waals surface area (Å²) in [7, 11) is -7.71. The van der Waals surface area contributed by atoms with Gasteiger partial charge < -0.3 is 5.11 Å². The van der Waals surface area contributed by atoms with Crippen LogP contribution in [0.4, 0.5) is 8.78 Å². The third-order valence-corrected chi connectivity index (χ3v) is 5.59. The predicted molar refractivity (Wildman–Crippen MR) is 71.4 cm³/mol. The van der Waals surface area contributed by atoms with Crippen LogP contribution in [0.1, 0.15) is 0 Å². The van der Waals surface area contributed by atoms with Gasteiger partial charge in [-0.1, -0.05) is 0 Å². The van der Waals surface area contributed by atoms with Crippen molar-refractivity contribution in [3.05, 3.63) is 24.3 Å². The maximum atomic E-state index is 12.4. The second kappa shape index (κ2) is 6.77. The average molecular weight is 343 g/mol. The largest absolute Gasteiger partial charge is 0.395 e. The van der Waals surface area contributed by atoms with Crippen molar-refractivity contribution in [2.75, 3.05) is 26.0 Å². The molecule has 0 radical (unpaired) electrons. The van der Waals surface area contributed by atoms with Gasteiger partial charge in [0, 0.05) is 12.8 Å². The highest BCUT2D eigenvalue weighted by atomic mass is 32.2. The minimum atomic E-state index is -4.22. The lowest BCUT2D eigenvalue weighted by Gasteiger charge is -2.20. The van der Waals surface area contributed by atoms with Crippen LogP contribution >= 0.6 is 0 Å². The van der Waals surface area contributed by atoms with E-state index in [1.165, 1.54) is 0 Å². The Morgan fingerprint density at radius 2 is 1.57 bits per heavy atom. The number of nitrogens with zero attached hydrogens (tertiary/aromatic N) is 1. The maximum Gasteiger partial charge on any atom is 0.252 e. The number of halogens is 2. The fraction of sp³-hybridized carbons (Fsp3) is 0.455. The number of alkyl halides is 2. The quantitative estimate of drug-likeness (QED) is 0.771. The molecule has 6 nitrogen and oxygen atoms in total. The van der Waals surface area contributed by atoms with Crippen LogP contribution < -0.4 is 0 Å². The second-order valence-corrected chi connectivity index (χ2v) is 8.17. The summed E-state index contributed by atoms with van der Waals surface area (Å²) in [6, 6.07) is 4.23. The fourth-order valence-corrected chi connectivity index (χ4v) is 3.62. The van der Waals surface area contributed by atoms with Gasteiger partial charge in [0.05, 0.1) is 22.9 Å². The van der Waals surface area contributed by atoms with Crippen LogP contribution in [0, 0.1) is 0 Å². The molecular weight excluding hydrogens is 328 g/mol. The first-order valence-corrected chi connectivity index (χ1v) is 9.11. The zero-order valence-electron chi connectivity index (χ0n) is 11.1. The number of rotatable bonds is 7. The van der Waals surface area contributed by atoms with E-state index in [4.69, 9.17) is 5.11 Å². The van der Waals surface area contributed by atoms with E-state index < -0.39 is 46.0 Å². The summed E-state index contributed by atoms with van der Waals surface area (Å²) < 4.78 is 72.1. The molecule has 0 aliphatic heterocycles. The molecule has 0 saturated carbocycles. The predicted octanol–water partition coefficient (Wildman–Crippen LogP) is 0.338. The summed E-state index contributed by atoms with van der Waals surface area (Å²) in [4.78, 5) is -0.395. The zero-order chi connectivity index (χ0) is 16.3. The minimum absolute atomic E-state index is 0.0796. The number of benzene rings is 1. The van der Waals surface area contributed by atoms with Crippen LogP contribution in [-0.4, -0.2) is 58.6 Å². The third kappa shape index (κ3) is 4.70. The molecule has 0 aromatic heterocycles. The Kier molecular flexibility index (Phi) is 5.79. The maximum absolute atomic E-state index is 12.4. The molecule has 1 aromatic carbocycles. The Balaban J connectivity index is 3.16. The summed E-state index contributed by atoms with van der Waals surface area (Å²) >= 11 is 0. The van der Waals surface area contributed by atoms with Gasteiger partial charge in [-0.05, 0) is 24.3 Å². The van der Waals surface area contributed by atoms with Gasteiger partial charge in [0.1, 0.15) is 0 Å². The van der Waals surface area contributed by atoms with E-state index in [-0.39, 0.29) is 9.79 Å². The van der Waals surface area contributed by atoms with Crippen LogP contribution in [-0.2, 0) is 19.9 Å². The number of hydrogen-bond acceptors (Lipinski definition) is 5. The van der Waals surface area contributed by atoms with Crippen LogP contribution in [0.3, 0.4) is 0 Å². The molecule has 0 amide bonds. The Hall–Kier alpha value is -1.10. The number of sulfonamides is 1. The molecule has 0 unspecified atom stereocenters. The van der Waals surface area contributed by atoms with Crippen molar-refractivity contribution in [3.8, 4) is 0 Å². The van der Waals surface area contributed by atoms with Crippen LogP contribution in [0.5, 0.6) is 0 Å². The molecule has 0 aliphatic carbocycles. The highest BCUT2D eigenvalue weighted by molar-refractivity contribution is 7.90. The highest BCUT2D eigenvalue weighted by Gasteiger charge is 2.27. The van der Waals surface area contributed by atoms with Crippen molar-refractivity contribution in [2.24, 2.45) is 0 Å². The molecule has 0 spiro atoms. The molecule has 21 heavy (non-hydrogen) atoms. The second-order valence-electron chi connectivity index (χ2n) is 4.22. The standard InChI is InChI=1S/C11H15F2NO5S2/c1-20(16,17)9-2-4-10(5-3-9)21(18,19)14(6-7-15)8-11(12)13/h2-5,11,15H,6-8H2,1H3.